The number of hydrogen-bond acceptors (Lipinski definition) is 3. The Bertz CT molecular complexity index is 1120. The number of fused-ring (bicyclic) bond motifs is 1. The van der Waals surface area contributed by atoms with E-state index in [1.807, 2.05) is 13.8 Å². The molecule has 2 N–H and O–H groups in total. The van der Waals surface area contributed by atoms with Crippen LogP contribution in [0.5, 0.6) is 0 Å². The van der Waals surface area contributed by atoms with Crippen LogP contribution in [0.2, 0.25) is 5.02 Å². The van der Waals surface area contributed by atoms with Crippen molar-refractivity contribution in [3.05, 3.63) is 63.8 Å². The first-order chi connectivity index (χ1) is 12.2. The zero-order chi connectivity index (χ0) is 19.1. The van der Waals surface area contributed by atoms with Crippen LogP contribution in [0.25, 0.3) is 10.9 Å². The maximum absolute atomic E-state index is 12.6. The van der Waals surface area contributed by atoms with Gasteiger partial charge in [0, 0.05) is 27.2 Å². The SMILES string of the molecule is CCc1[nH]c2ccc(C(=O)NS(=O)(=O)c3cccc(Cl)c3C)cc2c1C. The van der Waals surface area contributed by atoms with Crippen molar-refractivity contribution in [1.82, 2.24) is 9.71 Å². The number of aromatic nitrogens is 1. The minimum Gasteiger partial charge on any atom is -0.358 e. The summed E-state index contributed by atoms with van der Waals surface area (Å²) in [6, 6.07) is 9.66. The summed E-state index contributed by atoms with van der Waals surface area (Å²) in [7, 11) is -4.02. The van der Waals surface area contributed by atoms with Crippen LogP contribution in [0, 0.1) is 13.8 Å². The molecule has 0 unspecified atom stereocenters. The van der Waals surface area contributed by atoms with Crippen molar-refractivity contribution in [2.75, 3.05) is 0 Å². The molecule has 0 atom stereocenters. The number of halogens is 1. The number of aromatic amines is 1. The van der Waals surface area contributed by atoms with Gasteiger partial charge in [0.2, 0.25) is 0 Å². The average Bonchev–Trinajstić information content (AvgIpc) is 2.92. The van der Waals surface area contributed by atoms with Gasteiger partial charge < -0.3 is 4.98 Å². The molecule has 0 bridgehead atoms. The maximum atomic E-state index is 12.6. The fraction of sp³-hybridized carbons (Fsp3) is 0.211. The summed E-state index contributed by atoms with van der Waals surface area (Å²) in [5, 5.41) is 1.24. The quantitative estimate of drug-likeness (QED) is 0.703. The first-order valence-electron chi connectivity index (χ1n) is 8.18. The molecule has 0 aliphatic rings. The molecule has 0 aliphatic heterocycles. The minimum absolute atomic E-state index is 0.00878. The van der Waals surface area contributed by atoms with Gasteiger partial charge in [-0.2, -0.15) is 0 Å². The number of carbonyl (C=O) groups excluding carboxylic acids is 1. The summed E-state index contributed by atoms with van der Waals surface area (Å²) in [6.45, 7) is 5.62. The minimum atomic E-state index is -4.02. The zero-order valence-electron chi connectivity index (χ0n) is 14.7. The van der Waals surface area contributed by atoms with Gasteiger partial charge in [0.05, 0.1) is 4.90 Å². The number of amides is 1. The predicted molar refractivity (Wildman–Crippen MR) is 103 cm³/mol. The number of benzene rings is 2. The molecule has 1 heterocycles. The van der Waals surface area contributed by atoms with E-state index in [1.54, 1.807) is 31.2 Å². The number of H-pyrrole nitrogens is 1. The van der Waals surface area contributed by atoms with Crippen molar-refractivity contribution in [2.45, 2.75) is 32.1 Å². The first kappa shape index (κ1) is 18.5. The lowest BCUT2D eigenvalue weighted by atomic mass is 10.1. The fourth-order valence-electron chi connectivity index (χ4n) is 2.99. The molecule has 0 saturated carbocycles. The molecule has 0 aliphatic carbocycles. The summed E-state index contributed by atoms with van der Waals surface area (Å²) < 4.78 is 27.3. The highest BCUT2D eigenvalue weighted by molar-refractivity contribution is 7.90. The largest absolute Gasteiger partial charge is 0.358 e. The number of carbonyl (C=O) groups is 1. The van der Waals surface area contributed by atoms with E-state index in [-0.39, 0.29) is 10.5 Å². The Morgan fingerprint density at radius 1 is 1.15 bits per heavy atom. The van der Waals surface area contributed by atoms with E-state index in [1.165, 1.54) is 12.1 Å². The van der Waals surface area contributed by atoms with Crippen LogP contribution in [0.15, 0.2) is 41.3 Å². The van der Waals surface area contributed by atoms with Crippen molar-refractivity contribution in [3.8, 4) is 0 Å². The van der Waals surface area contributed by atoms with Crippen LogP contribution >= 0.6 is 11.6 Å². The van der Waals surface area contributed by atoms with Crippen LogP contribution in [0.1, 0.15) is 34.1 Å². The first-order valence-corrected chi connectivity index (χ1v) is 10.0. The summed E-state index contributed by atoms with van der Waals surface area (Å²) in [6.07, 6.45) is 0.852. The predicted octanol–water partition coefficient (Wildman–Crippen LogP) is 4.12. The van der Waals surface area contributed by atoms with Crippen molar-refractivity contribution in [2.24, 2.45) is 0 Å². The van der Waals surface area contributed by atoms with Gasteiger partial charge in [0.15, 0.2) is 0 Å². The molecule has 7 heteroatoms. The van der Waals surface area contributed by atoms with Gasteiger partial charge in [-0.25, -0.2) is 13.1 Å². The Kier molecular flexibility index (Phi) is 4.82. The summed E-state index contributed by atoms with van der Waals surface area (Å²) >= 11 is 5.99. The van der Waals surface area contributed by atoms with E-state index in [9.17, 15) is 13.2 Å². The third-order valence-corrected chi connectivity index (χ3v) is 6.40. The van der Waals surface area contributed by atoms with Gasteiger partial charge in [-0.15, -0.1) is 0 Å². The maximum Gasteiger partial charge on any atom is 0.265 e. The molecule has 0 fully saturated rings. The van der Waals surface area contributed by atoms with E-state index in [2.05, 4.69) is 9.71 Å². The summed E-state index contributed by atoms with van der Waals surface area (Å²) in [5.74, 6) is -0.676. The Morgan fingerprint density at radius 2 is 1.88 bits per heavy atom. The molecule has 3 aromatic rings. The molecule has 0 radical (unpaired) electrons. The van der Waals surface area contributed by atoms with Crippen molar-refractivity contribution < 1.29 is 13.2 Å². The number of aryl methyl sites for hydroxylation is 2. The number of sulfonamides is 1. The topological polar surface area (TPSA) is 79.0 Å². The van der Waals surface area contributed by atoms with Crippen molar-refractivity contribution >= 4 is 38.4 Å². The third-order valence-electron chi connectivity index (χ3n) is 4.51. The van der Waals surface area contributed by atoms with Crippen molar-refractivity contribution in [1.29, 1.82) is 0 Å². The van der Waals surface area contributed by atoms with E-state index in [0.717, 1.165) is 28.6 Å². The van der Waals surface area contributed by atoms with Gasteiger partial charge in [-0.3, -0.25) is 4.79 Å². The Labute approximate surface area is 157 Å². The van der Waals surface area contributed by atoms with Crippen LogP contribution in [-0.4, -0.2) is 19.3 Å². The molecule has 0 saturated heterocycles. The second-order valence-electron chi connectivity index (χ2n) is 6.14. The van der Waals surface area contributed by atoms with Crippen LogP contribution in [-0.2, 0) is 16.4 Å². The fourth-order valence-corrected chi connectivity index (χ4v) is 4.47. The smallest absolute Gasteiger partial charge is 0.265 e. The lowest BCUT2D eigenvalue weighted by molar-refractivity contribution is 0.0981. The molecule has 3 rings (SSSR count). The molecule has 0 spiro atoms. The lowest BCUT2D eigenvalue weighted by Crippen LogP contribution is -2.31. The third kappa shape index (κ3) is 3.22. The van der Waals surface area contributed by atoms with Gasteiger partial charge in [-0.1, -0.05) is 24.6 Å². The molecule has 26 heavy (non-hydrogen) atoms. The van der Waals surface area contributed by atoms with Crippen LogP contribution < -0.4 is 4.72 Å². The van der Waals surface area contributed by atoms with Gasteiger partial charge >= 0.3 is 0 Å². The van der Waals surface area contributed by atoms with Crippen LogP contribution in [0.3, 0.4) is 0 Å². The van der Waals surface area contributed by atoms with Crippen LogP contribution in [0.4, 0.5) is 0 Å². The average molecular weight is 391 g/mol. The Morgan fingerprint density at radius 3 is 2.58 bits per heavy atom. The lowest BCUT2D eigenvalue weighted by Gasteiger charge is -2.10. The molecule has 2 aromatic carbocycles. The summed E-state index contributed by atoms with van der Waals surface area (Å²) in [4.78, 5) is 15.8. The molecule has 1 aromatic heterocycles. The highest BCUT2D eigenvalue weighted by atomic mass is 35.5. The number of rotatable bonds is 4. The summed E-state index contributed by atoms with van der Waals surface area (Å²) in [5.41, 5.74) is 3.76. The standard InChI is InChI=1S/C19H19ClN2O3S/c1-4-16-11(2)14-10-13(8-9-17(14)21-16)19(23)22-26(24,25)18-7-5-6-15(20)12(18)3/h5-10,21H,4H2,1-3H3,(H,22,23). The molecule has 136 valence electrons. The van der Waals surface area contributed by atoms with E-state index in [4.69, 9.17) is 11.6 Å². The van der Waals surface area contributed by atoms with Crippen molar-refractivity contribution in [3.63, 3.8) is 0 Å². The highest BCUT2D eigenvalue weighted by Gasteiger charge is 2.22. The monoisotopic (exact) mass is 390 g/mol. The Balaban J connectivity index is 1.96. The highest BCUT2D eigenvalue weighted by Crippen LogP contribution is 2.25. The zero-order valence-corrected chi connectivity index (χ0v) is 16.3. The molecular formula is C19H19ClN2O3S. The molecule has 5 nitrogen and oxygen atoms in total. The van der Waals surface area contributed by atoms with E-state index < -0.39 is 15.9 Å². The number of nitrogens with one attached hydrogen (secondary N) is 2. The Hall–Kier alpha value is -2.31. The molecule has 1 amide bonds. The normalized spacial score (nSPS) is 11.7. The van der Waals surface area contributed by atoms with Gasteiger partial charge in [-0.05, 0) is 61.7 Å². The van der Waals surface area contributed by atoms with Gasteiger partial charge in [0.25, 0.3) is 15.9 Å². The molecular weight excluding hydrogens is 372 g/mol. The van der Waals surface area contributed by atoms with E-state index >= 15 is 0 Å². The van der Waals surface area contributed by atoms with Gasteiger partial charge in [0.1, 0.15) is 0 Å². The number of hydrogen-bond donors (Lipinski definition) is 2. The second-order valence-corrected chi connectivity index (χ2v) is 8.20. The van der Waals surface area contributed by atoms with E-state index in [0.29, 0.717) is 10.6 Å². The second kappa shape index (κ2) is 6.78.